The maximum atomic E-state index is 10.9. The number of nitrogens with two attached hydrogens (primary N) is 1. The molecule has 0 saturated heterocycles. The minimum Gasteiger partial charge on any atom is -0.389 e. The summed E-state index contributed by atoms with van der Waals surface area (Å²) >= 11 is 0. The van der Waals surface area contributed by atoms with E-state index in [0.29, 0.717) is 5.82 Å². The van der Waals surface area contributed by atoms with Crippen LogP contribution in [0.2, 0.25) is 0 Å². The second-order valence-corrected chi connectivity index (χ2v) is 5.27. The largest absolute Gasteiger partial charge is 0.389 e. The van der Waals surface area contributed by atoms with Crippen molar-refractivity contribution in [1.82, 2.24) is 4.98 Å². The van der Waals surface area contributed by atoms with Gasteiger partial charge in [0.05, 0.1) is 6.10 Å². The van der Waals surface area contributed by atoms with Crippen LogP contribution >= 0.6 is 0 Å². The number of aromatic nitrogens is 1. The maximum Gasteiger partial charge on any atom is 0.317 e. The number of nitrogens with one attached hydrogen (secondary N) is 2. The van der Waals surface area contributed by atoms with E-state index in [0.717, 1.165) is 27.6 Å². The van der Waals surface area contributed by atoms with Gasteiger partial charge < -0.3 is 15.8 Å². The molecule has 3 aromatic rings. The molecule has 112 valence electrons. The highest BCUT2D eigenvalue weighted by Crippen LogP contribution is 2.27. The minimum atomic E-state index is -0.597. The number of primary amides is 1. The zero-order chi connectivity index (χ0) is 15.7. The summed E-state index contributed by atoms with van der Waals surface area (Å²) in [5.41, 5.74) is 9.03. The zero-order valence-electron chi connectivity index (χ0n) is 12.1. The van der Waals surface area contributed by atoms with E-state index in [9.17, 15) is 9.90 Å². The predicted octanol–water partition coefficient (Wildman–Crippen LogP) is 3.38. The molecule has 5 heteroatoms. The van der Waals surface area contributed by atoms with Crippen molar-refractivity contribution in [2.75, 3.05) is 5.32 Å². The number of aliphatic hydroxyl groups is 1. The standard InChI is InChI=1S/C17H17N3O2/c1-10(21)11-2-4-12(5-3-11)13-6-7-14-9-16(20-17(18)22)19-15(14)8-13/h2-10,19,21H,1H3,(H3,18,20,22). The van der Waals surface area contributed by atoms with Crippen LogP contribution in [0.15, 0.2) is 48.5 Å². The molecule has 0 aliphatic rings. The number of fused-ring (bicyclic) bond motifs is 1. The molecule has 0 aliphatic carbocycles. The van der Waals surface area contributed by atoms with Crippen molar-refractivity contribution in [1.29, 1.82) is 0 Å². The average molecular weight is 295 g/mol. The third-order valence-electron chi connectivity index (χ3n) is 3.61. The predicted molar refractivity (Wildman–Crippen MR) is 87.6 cm³/mol. The van der Waals surface area contributed by atoms with Crippen LogP contribution in [0.4, 0.5) is 10.6 Å². The molecule has 0 radical (unpaired) electrons. The number of urea groups is 1. The van der Waals surface area contributed by atoms with Gasteiger partial charge in [-0.2, -0.15) is 0 Å². The smallest absolute Gasteiger partial charge is 0.317 e. The molecule has 0 spiro atoms. The third-order valence-corrected chi connectivity index (χ3v) is 3.61. The number of carbonyl (C=O) groups is 1. The monoisotopic (exact) mass is 295 g/mol. The molecule has 0 saturated carbocycles. The van der Waals surface area contributed by atoms with Crippen molar-refractivity contribution >= 4 is 22.8 Å². The van der Waals surface area contributed by atoms with Crippen LogP contribution in [-0.4, -0.2) is 16.1 Å². The van der Waals surface area contributed by atoms with Crippen LogP contribution in [0.3, 0.4) is 0 Å². The summed E-state index contributed by atoms with van der Waals surface area (Å²) < 4.78 is 0. The molecule has 0 aliphatic heterocycles. The van der Waals surface area contributed by atoms with Gasteiger partial charge in [0.15, 0.2) is 0 Å². The quantitative estimate of drug-likeness (QED) is 0.596. The summed E-state index contributed by atoms with van der Waals surface area (Å²) in [5, 5.41) is 13.1. The lowest BCUT2D eigenvalue weighted by atomic mass is 10.0. The highest BCUT2D eigenvalue weighted by molar-refractivity contribution is 5.93. The van der Waals surface area contributed by atoms with E-state index < -0.39 is 12.1 Å². The molecule has 3 rings (SSSR count). The number of aromatic amines is 1. The Morgan fingerprint density at radius 1 is 1.14 bits per heavy atom. The topological polar surface area (TPSA) is 91.1 Å². The van der Waals surface area contributed by atoms with E-state index in [1.165, 1.54) is 0 Å². The highest BCUT2D eigenvalue weighted by Gasteiger charge is 2.06. The zero-order valence-corrected chi connectivity index (χ0v) is 12.1. The Kier molecular flexibility index (Phi) is 3.56. The molecule has 1 atom stereocenters. The molecule has 1 aromatic heterocycles. The van der Waals surface area contributed by atoms with E-state index in [1.54, 1.807) is 6.92 Å². The van der Waals surface area contributed by atoms with Gasteiger partial charge in [0, 0.05) is 10.9 Å². The van der Waals surface area contributed by atoms with Crippen molar-refractivity contribution in [2.45, 2.75) is 13.0 Å². The van der Waals surface area contributed by atoms with E-state index in [1.807, 2.05) is 48.5 Å². The highest BCUT2D eigenvalue weighted by atomic mass is 16.3. The van der Waals surface area contributed by atoms with Crippen molar-refractivity contribution < 1.29 is 9.90 Å². The molecular formula is C17H17N3O2. The molecule has 5 N–H and O–H groups in total. The Labute approximate surface area is 127 Å². The third kappa shape index (κ3) is 2.80. The summed E-state index contributed by atoms with van der Waals surface area (Å²) in [6.07, 6.45) is -0.470. The van der Waals surface area contributed by atoms with Crippen LogP contribution in [0.1, 0.15) is 18.6 Å². The number of amides is 2. The summed E-state index contributed by atoms with van der Waals surface area (Å²) in [5.74, 6) is 0.573. The van der Waals surface area contributed by atoms with Crippen molar-refractivity contribution in [3.05, 3.63) is 54.1 Å². The van der Waals surface area contributed by atoms with Crippen LogP contribution in [-0.2, 0) is 0 Å². The first kappa shape index (κ1) is 14.2. The number of carbonyl (C=O) groups excluding carboxylic acids is 1. The van der Waals surface area contributed by atoms with Gasteiger partial charge in [-0.15, -0.1) is 0 Å². The van der Waals surface area contributed by atoms with Gasteiger partial charge in [-0.3, -0.25) is 5.32 Å². The second kappa shape index (κ2) is 5.54. The summed E-state index contributed by atoms with van der Waals surface area (Å²) in [7, 11) is 0. The van der Waals surface area contributed by atoms with Crippen molar-refractivity contribution in [3.8, 4) is 11.1 Å². The molecule has 2 aromatic carbocycles. The normalized spacial score (nSPS) is 12.3. The molecule has 1 heterocycles. The number of H-pyrrole nitrogens is 1. The number of aliphatic hydroxyl groups excluding tert-OH is 1. The van der Waals surface area contributed by atoms with E-state index in [4.69, 9.17) is 5.73 Å². The van der Waals surface area contributed by atoms with Gasteiger partial charge in [0.2, 0.25) is 0 Å². The fraction of sp³-hybridized carbons (Fsp3) is 0.118. The summed E-state index contributed by atoms with van der Waals surface area (Å²) in [6, 6.07) is 15.0. The molecule has 1 unspecified atom stereocenters. The molecular weight excluding hydrogens is 278 g/mol. The van der Waals surface area contributed by atoms with E-state index >= 15 is 0 Å². The second-order valence-electron chi connectivity index (χ2n) is 5.27. The van der Waals surface area contributed by atoms with Gasteiger partial charge >= 0.3 is 6.03 Å². The Balaban J connectivity index is 1.95. The van der Waals surface area contributed by atoms with Gasteiger partial charge in [0.25, 0.3) is 0 Å². The Bertz CT molecular complexity index is 820. The van der Waals surface area contributed by atoms with E-state index in [-0.39, 0.29) is 0 Å². The lowest BCUT2D eigenvalue weighted by molar-refractivity contribution is 0.199. The number of hydrogen-bond donors (Lipinski definition) is 4. The minimum absolute atomic E-state index is 0.470. The first-order chi connectivity index (χ1) is 10.5. The number of hydrogen-bond acceptors (Lipinski definition) is 2. The van der Waals surface area contributed by atoms with Gasteiger partial charge in [-0.25, -0.2) is 4.79 Å². The fourth-order valence-corrected chi connectivity index (χ4v) is 2.46. The maximum absolute atomic E-state index is 10.9. The van der Waals surface area contributed by atoms with Crippen LogP contribution in [0.5, 0.6) is 0 Å². The number of anilines is 1. The van der Waals surface area contributed by atoms with Crippen LogP contribution in [0, 0.1) is 0 Å². The first-order valence-electron chi connectivity index (χ1n) is 7.00. The molecule has 2 amide bonds. The summed E-state index contributed by atoms with van der Waals surface area (Å²) in [4.78, 5) is 14.0. The lowest BCUT2D eigenvalue weighted by Gasteiger charge is -2.06. The van der Waals surface area contributed by atoms with Crippen LogP contribution in [0.25, 0.3) is 22.0 Å². The SMILES string of the molecule is CC(O)c1ccc(-c2ccc3cc(NC(N)=O)[nH]c3c2)cc1. The molecule has 5 nitrogen and oxygen atoms in total. The molecule has 22 heavy (non-hydrogen) atoms. The number of rotatable bonds is 3. The molecule has 0 bridgehead atoms. The van der Waals surface area contributed by atoms with Crippen LogP contribution < -0.4 is 11.1 Å². The Morgan fingerprint density at radius 2 is 1.82 bits per heavy atom. The fourth-order valence-electron chi connectivity index (χ4n) is 2.46. The van der Waals surface area contributed by atoms with Gasteiger partial charge in [-0.1, -0.05) is 36.4 Å². The Hall–Kier alpha value is -2.79. The Morgan fingerprint density at radius 3 is 2.45 bits per heavy atom. The average Bonchev–Trinajstić information content (AvgIpc) is 2.87. The van der Waals surface area contributed by atoms with Gasteiger partial charge in [-0.05, 0) is 35.7 Å². The summed E-state index contributed by atoms with van der Waals surface area (Å²) in [6.45, 7) is 1.74. The first-order valence-corrected chi connectivity index (χ1v) is 7.00. The van der Waals surface area contributed by atoms with E-state index in [2.05, 4.69) is 10.3 Å². The van der Waals surface area contributed by atoms with Crippen molar-refractivity contribution in [2.24, 2.45) is 5.73 Å². The van der Waals surface area contributed by atoms with Gasteiger partial charge in [0.1, 0.15) is 5.82 Å². The number of benzene rings is 2. The van der Waals surface area contributed by atoms with Crippen molar-refractivity contribution in [3.63, 3.8) is 0 Å². The molecule has 0 fully saturated rings. The lowest BCUT2D eigenvalue weighted by Crippen LogP contribution is -2.19.